The Morgan fingerprint density at radius 2 is 2.00 bits per heavy atom. The van der Waals surface area contributed by atoms with Gasteiger partial charge in [-0.1, -0.05) is 32.9 Å². The van der Waals surface area contributed by atoms with E-state index in [-0.39, 0.29) is 22.9 Å². The number of para-hydroxylation sites is 1. The fourth-order valence-electron chi connectivity index (χ4n) is 2.32. The number of carbonyl (C=O) groups is 1. The third-order valence-electron chi connectivity index (χ3n) is 3.59. The van der Waals surface area contributed by atoms with Crippen molar-refractivity contribution in [2.45, 2.75) is 33.2 Å². The molecule has 0 saturated heterocycles. The molecule has 1 heterocycles. The molecule has 0 bridgehead atoms. The topological polar surface area (TPSA) is 62.0 Å². The summed E-state index contributed by atoms with van der Waals surface area (Å²) in [5.74, 6) is 0.0287. The van der Waals surface area contributed by atoms with Crippen molar-refractivity contribution in [3.05, 3.63) is 46.2 Å². The van der Waals surface area contributed by atoms with Gasteiger partial charge in [0, 0.05) is 23.1 Å². The Bertz CT molecular complexity index is 673. The molecule has 0 radical (unpaired) electrons. The van der Waals surface area contributed by atoms with Crippen molar-refractivity contribution in [3.8, 4) is 0 Å². The summed E-state index contributed by atoms with van der Waals surface area (Å²) in [6.07, 6.45) is 2.34. The third-order valence-corrected chi connectivity index (χ3v) is 3.59. The molecule has 2 aromatic rings. The van der Waals surface area contributed by atoms with Crippen LogP contribution in [0.4, 0.5) is 0 Å². The maximum absolute atomic E-state index is 12.3. The van der Waals surface area contributed by atoms with Crippen molar-refractivity contribution in [2.24, 2.45) is 5.92 Å². The molecule has 1 amide bonds. The molecule has 1 aromatic heterocycles. The minimum atomic E-state index is -0.308. The molecular weight excluding hydrogens is 252 g/mol. The summed E-state index contributed by atoms with van der Waals surface area (Å²) in [6.45, 7) is 6.13. The second-order valence-corrected chi connectivity index (χ2v) is 5.31. The molecule has 2 N–H and O–H groups in total. The second kappa shape index (κ2) is 5.90. The number of hydrogen-bond acceptors (Lipinski definition) is 2. The summed E-state index contributed by atoms with van der Waals surface area (Å²) in [4.78, 5) is 27.6. The maximum atomic E-state index is 12.3. The maximum Gasteiger partial charge on any atom is 0.256 e. The number of aromatic nitrogens is 1. The summed E-state index contributed by atoms with van der Waals surface area (Å²) in [5, 5.41) is 3.47. The lowest BCUT2D eigenvalue weighted by Gasteiger charge is -2.20. The fraction of sp³-hybridized carbons (Fsp3) is 0.375. The molecule has 0 aliphatic carbocycles. The Hall–Kier alpha value is -2.10. The molecule has 0 aliphatic rings. The van der Waals surface area contributed by atoms with Crippen molar-refractivity contribution in [1.29, 1.82) is 0 Å². The number of aromatic amines is 1. The molecule has 0 saturated carbocycles. The number of pyridine rings is 1. The van der Waals surface area contributed by atoms with Crippen molar-refractivity contribution < 1.29 is 4.79 Å². The van der Waals surface area contributed by atoms with Crippen LogP contribution in [-0.2, 0) is 0 Å². The Labute approximate surface area is 118 Å². The summed E-state index contributed by atoms with van der Waals surface area (Å²) in [6, 6.07) is 7.27. The smallest absolute Gasteiger partial charge is 0.256 e. The van der Waals surface area contributed by atoms with Gasteiger partial charge in [-0.25, -0.2) is 0 Å². The lowest BCUT2D eigenvalue weighted by molar-refractivity contribution is 0.0923. The number of H-pyrrole nitrogens is 1. The zero-order valence-electron chi connectivity index (χ0n) is 12.1. The molecule has 0 unspecified atom stereocenters. The SMILES string of the molecule is CC[C@@H](NC(=O)c1c[nH]c2ccccc2c1=O)C(C)C. The second-order valence-electron chi connectivity index (χ2n) is 5.31. The van der Waals surface area contributed by atoms with E-state index in [1.165, 1.54) is 6.20 Å². The minimum Gasteiger partial charge on any atom is -0.360 e. The number of carbonyl (C=O) groups excluding carboxylic acids is 1. The van der Waals surface area contributed by atoms with Crippen LogP contribution in [0, 0.1) is 5.92 Å². The van der Waals surface area contributed by atoms with Crippen LogP contribution in [0.3, 0.4) is 0 Å². The van der Waals surface area contributed by atoms with Crippen molar-refractivity contribution in [3.63, 3.8) is 0 Å². The van der Waals surface area contributed by atoms with Crippen molar-refractivity contribution >= 4 is 16.8 Å². The number of nitrogens with one attached hydrogen (secondary N) is 2. The van der Waals surface area contributed by atoms with Gasteiger partial charge in [0.25, 0.3) is 5.91 Å². The predicted molar refractivity (Wildman–Crippen MR) is 81.0 cm³/mol. The van der Waals surface area contributed by atoms with Gasteiger partial charge in [0.05, 0.1) is 0 Å². The van der Waals surface area contributed by atoms with E-state index in [0.29, 0.717) is 11.3 Å². The highest BCUT2D eigenvalue weighted by atomic mass is 16.2. The Balaban J connectivity index is 2.36. The molecule has 4 nitrogen and oxygen atoms in total. The van der Waals surface area contributed by atoms with Crippen LogP contribution in [0.25, 0.3) is 10.9 Å². The normalized spacial score (nSPS) is 12.6. The zero-order valence-corrected chi connectivity index (χ0v) is 12.1. The monoisotopic (exact) mass is 272 g/mol. The van der Waals surface area contributed by atoms with Gasteiger partial charge in [0.1, 0.15) is 5.56 Å². The summed E-state index contributed by atoms with van der Waals surface area (Å²) in [7, 11) is 0. The molecule has 4 heteroatoms. The van der Waals surface area contributed by atoms with Gasteiger partial charge in [-0.2, -0.15) is 0 Å². The van der Waals surface area contributed by atoms with Crippen LogP contribution >= 0.6 is 0 Å². The molecule has 0 fully saturated rings. The number of amides is 1. The highest BCUT2D eigenvalue weighted by Gasteiger charge is 2.18. The molecule has 20 heavy (non-hydrogen) atoms. The van der Waals surface area contributed by atoms with Gasteiger partial charge in [-0.05, 0) is 24.5 Å². The Morgan fingerprint density at radius 1 is 1.30 bits per heavy atom. The van der Waals surface area contributed by atoms with Crippen LogP contribution in [0.15, 0.2) is 35.3 Å². The number of fused-ring (bicyclic) bond motifs is 1. The van der Waals surface area contributed by atoms with Crippen LogP contribution in [0.2, 0.25) is 0 Å². The fourth-order valence-corrected chi connectivity index (χ4v) is 2.32. The Morgan fingerprint density at radius 3 is 2.65 bits per heavy atom. The van der Waals surface area contributed by atoms with Gasteiger partial charge >= 0.3 is 0 Å². The first-order valence-electron chi connectivity index (χ1n) is 6.96. The molecule has 106 valence electrons. The standard InChI is InChI=1S/C16H20N2O2/c1-4-13(10(2)3)18-16(20)12-9-17-14-8-6-5-7-11(14)15(12)19/h5-10,13H,4H2,1-3H3,(H,17,19)(H,18,20)/t13-/m1/s1. The number of rotatable bonds is 4. The summed E-state index contributed by atoms with van der Waals surface area (Å²) >= 11 is 0. The Kier molecular flexibility index (Phi) is 4.23. The molecule has 2 rings (SSSR count). The van der Waals surface area contributed by atoms with E-state index in [1.807, 2.05) is 19.1 Å². The largest absolute Gasteiger partial charge is 0.360 e. The minimum absolute atomic E-state index is 0.0772. The van der Waals surface area contributed by atoms with E-state index >= 15 is 0 Å². The predicted octanol–water partition coefficient (Wildman–Crippen LogP) is 2.69. The van der Waals surface area contributed by atoms with E-state index < -0.39 is 0 Å². The van der Waals surface area contributed by atoms with E-state index in [2.05, 4.69) is 24.1 Å². The van der Waals surface area contributed by atoms with E-state index in [0.717, 1.165) is 11.9 Å². The number of benzene rings is 1. The molecule has 1 atom stereocenters. The van der Waals surface area contributed by atoms with Crippen LogP contribution < -0.4 is 10.7 Å². The van der Waals surface area contributed by atoms with Gasteiger partial charge < -0.3 is 10.3 Å². The molecule has 1 aromatic carbocycles. The van der Waals surface area contributed by atoms with Gasteiger partial charge in [-0.15, -0.1) is 0 Å². The highest BCUT2D eigenvalue weighted by Crippen LogP contribution is 2.09. The zero-order chi connectivity index (χ0) is 14.7. The molecule has 0 aliphatic heterocycles. The lowest BCUT2D eigenvalue weighted by atomic mass is 10.0. The first kappa shape index (κ1) is 14.3. The molecule has 0 spiro atoms. The number of hydrogen-bond donors (Lipinski definition) is 2. The van der Waals surface area contributed by atoms with Crippen LogP contribution in [0.5, 0.6) is 0 Å². The average molecular weight is 272 g/mol. The highest BCUT2D eigenvalue weighted by molar-refractivity contribution is 5.97. The van der Waals surface area contributed by atoms with Crippen LogP contribution in [-0.4, -0.2) is 16.9 Å². The quantitative estimate of drug-likeness (QED) is 0.899. The summed E-state index contributed by atoms with van der Waals surface area (Å²) in [5.41, 5.74) is 0.684. The van der Waals surface area contributed by atoms with Gasteiger partial charge in [0.15, 0.2) is 0 Å². The van der Waals surface area contributed by atoms with E-state index in [9.17, 15) is 9.59 Å². The van der Waals surface area contributed by atoms with Crippen molar-refractivity contribution in [2.75, 3.05) is 0 Å². The average Bonchev–Trinajstić information content (AvgIpc) is 2.44. The van der Waals surface area contributed by atoms with E-state index in [4.69, 9.17) is 0 Å². The van der Waals surface area contributed by atoms with E-state index in [1.54, 1.807) is 12.1 Å². The summed E-state index contributed by atoms with van der Waals surface area (Å²) < 4.78 is 0. The third kappa shape index (κ3) is 2.74. The lowest BCUT2D eigenvalue weighted by Crippen LogP contribution is -2.40. The van der Waals surface area contributed by atoms with Gasteiger partial charge in [0.2, 0.25) is 5.43 Å². The first-order valence-corrected chi connectivity index (χ1v) is 6.96. The first-order chi connectivity index (χ1) is 9.54. The van der Waals surface area contributed by atoms with Crippen molar-refractivity contribution in [1.82, 2.24) is 10.3 Å². The van der Waals surface area contributed by atoms with Crippen LogP contribution in [0.1, 0.15) is 37.6 Å². The van der Waals surface area contributed by atoms with Gasteiger partial charge in [-0.3, -0.25) is 9.59 Å². The molecular formula is C16H20N2O2.